The zero-order valence-corrected chi connectivity index (χ0v) is 19.4. The SMILES string of the molecule is COCCOc1ncc(Nc2nc(N[C@H](C3CC3)[C@H](C)N)c(F)cc2C(N)=O)cc1-n1nccn1. The molecule has 0 spiro atoms. The van der Waals surface area contributed by atoms with Crippen LogP contribution in [0.5, 0.6) is 5.88 Å². The van der Waals surface area contributed by atoms with Gasteiger partial charge in [0.2, 0.25) is 5.88 Å². The van der Waals surface area contributed by atoms with Crippen molar-refractivity contribution in [1.82, 2.24) is 25.0 Å². The van der Waals surface area contributed by atoms with Crippen LogP contribution >= 0.6 is 0 Å². The predicted molar refractivity (Wildman–Crippen MR) is 126 cm³/mol. The normalized spacial score (nSPS) is 14.9. The van der Waals surface area contributed by atoms with E-state index in [2.05, 4.69) is 30.8 Å². The molecule has 1 fully saturated rings. The van der Waals surface area contributed by atoms with Crippen molar-refractivity contribution in [2.45, 2.75) is 31.8 Å². The Kier molecular flexibility index (Phi) is 7.36. The van der Waals surface area contributed by atoms with E-state index in [1.165, 1.54) is 23.4 Å². The maximum Gasteiger partial charge on any atom is 0.252 e. The van der Waals surface area contributed by atoms with Crippen LogP contribution in [0.3, 0.4) is 0 Å². The number of methoxy groups -OCH3 is 1. The van der Waals surface area contributed by atoms with E-state index in [1.54, 1.807) is 13.2 Å². The number of amides is 1. The van der Waals surface area contributed by atoms with Crippen molar-refractivity contribution in [3.8, 4) is 11.6 Å². The third kappa shape index (κ3) is 5.81. The van der Waals surface area contributed by atoms with Gasteiger partial charge in [0.1, 0.15) is 18.1 Å². The van der Waals surface area contributed by atoms with Crippen LogP contribution in [0.4, 0.5) is 21.7 Å². The summed E-state index contributed by atoms with van der Waals surface area (Å²) in [5.41, 5.74) is 12.3. The van der Waals surface area contributed by atoms with Crippen LogP contribution in [0.15, 0.2) is 30.7 Å². The highest BCUT2D eigenvalue weighted by Crippen LogP contribution is 2.36. The summed E-state index contributed by atoms with van der Waals surface area (Å²) in [6.07, 6.45) is 6.53. The highest BCUT2D eigenvalue weighted by atomic mass is 19.1. The lowest BCUT2D eigenvalue weighted by molar-refractivity contribution is 0.100. The molecule has 0 unspecified atom stereocenters. The quantitative estimate of drug-likeness (QED) is 0.277. The van der Waals surface area contributed by atoms with Crippen molar-refractivity contribution < 1.29 is 18.7 Å². The van der Waals surface area contributed by atoms with Crippen LogP contribution < -0.4 is 26.8 Å². The number of rotatable bonds is 12. The lowest BCUT2D eigenvalue weighted by Gasteiger charge is -2.23. The number of carbonyl (C=O) groups is 1. The van der Waals surface area contributed by atoms with E-state index in [0.717, 1.165) is 18.9 Å². The number of hydrogen-bond acceptors (Lipinski definition) is 10. The number of pyridine rings is 2. The number of halogens is 1. The molecule has 0 bridgehead atoms. The number of aromatic nitrogens is 5. The molecule has 0 radical (unpaired) electrons. The predicted octanol–water partition coefficient (Wildman–Crippen LogP) is 1.60. The van der Waals surface area contributed by atoms with Crippen LogP contribution in [-0.4, -0.2) is 63.3 Å². The molecule has 0 saturated heterocycles. The minimum Gasteiger partial charge on any atom is -0.474 e. The Bertz CT molecular complexity index is 1170. The minimum atomic E-state index is -0.835. The molecule has 3 aromatic rings. The number of ether oxygens (including phenoxy) is 2. The second-order valence-electron chi connectivity index (χ2n) is 8.28. The summed E-state index contributed by atoms with van der Waals surface area (Å²) in [4.78, 5) is 22.0. The Hall–Kier alpha value is -3.84. The Morgan fingerprint density at radius 2 is 2.00 bits per heavy atom. The van der Waals surface area contributed by atoms with Crippen LogP contribution in [0.25, 0.3) is 5.69 Å². The van der Waals surface area contributed by atoms with Crippen LogP contribution in [-0.2, 0) is 4.74 Å². The van der Waals surface area contributed by atoms with E-state index < -0.39 is 11.7 Å². The Morgan fingerprint density at radius 1 is 1.26 bits per heavy atom. The Balaban J connectivity index is 1.66. The Labute approximate surface area is 201 Å². The second kappa shape index (κ2) is 10.6. The van der Waals surface area contributed by atoms with E-state index in [4.69, 9.17) is 20.9 Å². The standard InChI is InChI=1S/C22H28FN9O3/c1-12(24)18(13-3-4-13)30-21-16(23)10-15(19(25)33)20(31-21)29-14-9-17(32-27-5-6-28-32)22(26-11-14)35-8-7-34-2/h5-6,9-13,18H,3-4,7-8,24H2,1-2H3,(H2,25,33)(H2,29,30,31)/t12-,18-/m0/s1. The van der Waals surface area contributed by atoms with Crippen LogP contribution in [0, 0.1) is 11.7 Å². The van der Waals surface area contributed by atoms with Gasteiger partial charge in [-0.1, -0.05) is 0 Å². The van der Waals surface area contributed by atoms with Gasteiger partial charge in [-0.15, -0.1) is 4.80 Å². The van der Waals surface area contributed by atoms with Crippen molar-refractivity contribution in [1.29, 1.82) is 0 Å². The molecule has 4 rings (SSSR count). The summed E-state index contributed by atoms with van der Waals surface area (Å²) in [5.74, 6) is -0.863. The fourth-order valence-electron chi connectivity index (χ4n) is 3.63. The molecule has 3 heterocycles. The van der Waals surface area contributed by atoms with E-state index in [1.807, 2.05) is 6.92 Å². The molecule has 6 N–H and O–H groups in total. The highest BCUT2D eigenvalue weighted by molar-refractivity contribution is 5.98. The summed E-state index contributed by atoms with van der Waals surface area (Å²) < 4.78 is 25.5. The van der Waals surface area contributed by atoms with Gasteiger partial charge in [0, 0.05) is 19.2 Å². The Morgan fingerprint density at radius 3 is 2.63 bits per heavy atom. The zero-order chi connectivity index (χ0) is 24.9. The van der Waals surface area contributed by atoms with E-state index in [9.17, 15) is 9.18 Å². The lowest BCUT2D eigenvalue weighted by Crippen LogP contribution is -2.40. The molecule has 186 valence electrons. The fourth-order valence-corrected chi connectivity index (χ4v) is 3.63. The van der Waals surface area contributed by atoms with Crippen LogP contribution in [0.1, 0.15) is 30.1 Å². The van der Waals surface area contributed by atoms with Crippen molar-refractivity contribution in [3.05, 3.63) is 42.1 Å². The molecular formula is C22H28FN9O3. The van der Waals surface area contributed by atoms with Gasteiger partial charge in [-0.25, -0.2) is 14.4 Å². The number of anilines is 3. The van der Waals surface area contributed by atoms with Gasteiger partial charge in [-0.05, 0) is 37.8 Å². The smallest absolute Gasteiger partial charge is 0.252 e. The zero-order valence-electron chi connectivity index (χ0n) is 19.4. The van der Waals surface area contributed by atoms with Gasteiger partial charge in [0.15, 0.2) is 11.6 Å². The molecule has 1 saturated carbocycles. The van der Waals surface area contributed by atoms with E-state index in [0.29, 0.717) is 23.9 Å². The highest BCUT2D eigenvalue weighted by Gasteiger charge is 2.34. The van der Waals surface area contributed by atoms with Gasteiger partial charge >= 0.3 is 0 Å². The molecule has 12 nitrogen and oxygen atoms in total. The van der Waals surface area contributed by atoms with E-state index >= 15 is 0 Å². The van der Waals surface area contributed by atoms with E-state index in [-0.39, 0.29) is 41.8 Å². The summed E-state index contributed by atoms with van der Waals surface area (Å²) >= 11 is 0. The van der Waals surface area contributed by atoms with Crippen molar-refractivity contribution in [2.24, 2.45) is 17.4 Å². The molecule has 1 aliphatic rings. The summed E-state index contributed by atoms with van der Waals surface area (Å²) in [7, 11) is 1.57. The molecule has 1 aliphatic carbocycles. The van der Waals surface area contributed by atoms with Crippen LogP contribution in [0.2, 0.25) is 0 Å². The summed E-state index contributed by atoms with van der Waals surface area (Å²) in [5, 5.41) is 14.4. The topological polar surface area (TPSA) is 168 Å². The summed E-state index contributed by atoms with van der Waals surface area (Å²) in [6.45, 7) is 2.50. The first-order valence-electron chi connectivity index (χ1n) is 11.1. The van der Waals surface area contributed by atoms with Gasteiger partial charge in [0.05, 0.1) is 36.4 Å². The average molecular weight is 486 g/mol. The number of primary amides is 1. The van der Waals surface area contributed by atoms with Gasteiger partial charge in [-0.3, -0.25) is 4.79 Å². The molecule has 0 aliphatic heterocycles. The molecule has 1 amide bonds. The molecule has 35 heavy (non-hydrogen) atoms. The fraction of sp³-hybridized carbons (Fsp3) is 0.409. The maximum atomic E-state index is 14.8. The molecule has 2 atom stereocenters. The lowest BCUT2D eigenvalue weighted by atomic mass is 10.1. The first-order valence-corrected chi connectivity index (χ1v) is 11.1. The molecular weight excluding hydrogens is 457 g/mol. The van der Waals surface area contributed by atoms with Gasteiger partial charge in [-0.2, -0.15) is 10.2 Å². The number of nitrogens with one attached hydrogen (secondary N) is 2. The van der Waals surface area contributed by atoms with Gasteiger partial charge in [0.25, 0.3) is 5.91 Å². The molecule has 0 aromatic carbocycles. The molecule has 3 aromatic heterocycles. The van der Waals surface area contributed by atoms with Gasteiger partial charge < -0.3 is 31.6 Å². The van der Waals surface area contributed by atoms with Crippen molar-refractivity contribution >= 4 is 23.2 Å². The number of hydrogen-bond donors (Lipinski definition) is 4. The summed E-state index contributed by atoms with van der Waals surface area (Å²) in [6, 6.07) is 2.35. The minimum absolute atomic E-state index is 0.0202. The third-order valence-corrected chi connectivity index (χ3v) is 5.50. The van der Waals surface area contributed by atoms with Crippen molar-refractivity contribution in [3.63, 3.8) is 0 Å². The number of carbonyl (C=O) groups excluding carboxylic acids is 1. The second-order valence-corrected chi connectivity index (χ2v) is 8.28. The third-order valence-electron chi connectivity index (χ3n) is 5.50. The average Bonchev–Trinajstić information content (AvgIpc) is 3.51. The maximum absolute atomic E-state index is 14.8. The first-order chi connectivity index (χ1) is 16.9. The number of nitrogens with zero attached hydrogens (tertiary/aromatic N) is 5. The number of nitrogens with two attached hydrogens (primary N) is 2. The monoisotopic (exact) mass is 485 g/mol. The largest absolute Gasteiger partial charge is 0.474 e. The van der Waals surface area contributed by atoms with Crippen molar-refractivity contribution in [2.75, 3.05) is 31.0 Å². The first kappa shape index (κ1) is 24.3. The molecule has 13 heteroatoms.